The predicted octanol–water partition coefficient (Wildman–Crippen LogP) is 4.83. The van der Waals surface area contributed by atoms with Crippen molar-refractivity contribution in [3.8, 4) is 5.75 Å². The molecule has 0 bridgehead atoms. The molecule has 1 unspecified atom stereocenters. The van der Waals surface area contributed by atoms with E-state index in [9.17, 15) is 0 Å². The van der Waals surface area contributed by atoms with Gasteiger partial charge >= 0.3 is 0 Å². The molecule has 1 N–H and O–H groups in total. The third-order valence-electron chi connectivity index (χ3n) is 4.38. The van der Waals surface area contributed by atoms with E-state index in [1.165, 1.54) is 17.5 Å². The standard InChI is InChI=1S/C19H31NO/c1-18(2,3)13-19(4,5)14-9-10-17-15(12-14)16(20-6)8-7-11-21-17/h9-10,12,16,20H,7-8,11,13H2,1-6H3. The van der Waals surface area contributed by atoms with Crippen LogP contribution in [-0.2, 0) is 5.41 Å². The predicted molar refractivity (Wildman–Crippen MR) is 90.1 cm³/mol. The average Bonchev–Trinajstić information content (AvgIpc) is 2.56. The molecule has 2 heteroatoms. The van der Waals surface area contributed by atoms with E-state index in [1.54, 1.807) is 0 Å². The van der Waals surface area contributed by atoms with Crippen molar-refractivity contribution < 1.29 is 4.74 Å². The van der Waals surface area contributed by atoms with Crippen LogP contribution in [0.4, 0.5) is 0 Å². The third kappa shape index (κ3) is 4.00. The Hall–Kier alpha value is -1.02. The maximum atomic E-state index is 5.91. The van der Waals surface area contributed by atoms with E-state index in [4.69, 9.17) is 4.74 Å². The van der Waals surface area contributed by atoms with Crippen LogP contribution in [0.5, 0.6) is 5.75 Å². The van der Waals surface area contributed by atoms with Crippen molar-refractivity contribution in [2.75, 3.05) is 13.7 Å². The van der Waals surface area contributed by atoms with E-state index in [0.717, 1.165) is 25.2 Å². The lowest BCUT2D eigenvalue weighted by molar-refractivity contribution is 0.283. The van der Waals surface area contributed by atoms with E-state index < -0.39 is 0 Å². The zero-order valence-electron chi connectivity index (χ0n) is 14.5. The molecule has 1 atom stereocenters. The van der Waals surface area contributed by atoms with Gasteiger partial charge in [-0.15, -0.1) is 0 Å². The molecular weight excluding hydrogens is 258 g/mol. The van der Waals surface area contributed by atoms with Crippen molar-refractivity contribution in [2.45, 2.75) is 65.3 Å². The summed E-state index contributed by atoms with van der Waals surface area (Å²) in [6.45, 7) is 12.5. The van der Waals surface area contributed by atoms with Gasteiger partial charge < -0.3 is 10.1 Å². The van der Waals surface area contributed by atoms with Gasteiger partial charge in [0.15, 0.2) is 0 Å². The molecule has 0 aromatic heterocycles. The number of fused-ring (bicyclic) bond motifs is 1. The number of nitrogens with one attached hydrogen (secondary N) is 1. The Morgan fingerprint density at radius 2 is 1.90 bits per heavy atom. The fourth-order valence-electron chi connectivity index (χ4n) is 3.73. The minimum atomic E-state index is 0.178. The Balaban J connectivity index is 2.37. The topological polar surface area (TPSA) is 21.3 Å². The minimum absolute atomic E-state index is 0.178. The van der Waals surface area contributed by atoms with Crippen LogP contribution >= 0.6 is 0 Å². The molecule has 0 radical (unpaired) electrons. The Kier molecular flexibility index (Phi) is 4.67. The first-order valence-corrected chi connectivity index (χ1v) is 8.17. The van der Waals surface area contributed by atoms with Crippen molar-refractivity contribution >= 4 is 0 Å². The lowest BCUT2D eigenvalue weighted by atomic mass is 9.72. The molecule has 0 fully saturated rings. The van der Waals surface area contributed by atoms with Crippen LogP contribution in [0, 0.1) is 5.41 Å². The van der Waals surface area contributed by atoms with E-state index in [-0.39, 0.29) is 5.41 Å². The highest BCUT2D eigenvalue weighted by atomic mass is 16.5. The summed E-state index contributed by atoms with van der Waals surface area (Å²) in [5.74, 6) is 1.06. The van der Waals surface area contributed by atoms with Crippen LogP contribution in [0.2, 0.25) is 0 Å². The highest BCUT2D eigenvalue weighted by Crippen LogP contribution is 2.40. The smallest absolute Gasteiger partial charge is 0.124 e. The molecule has 1 aliphatic rings. The van der Waals surface area contributed by atoms with Crippen LogP contribution in [0.3, 0.4) is 0 Å². The highest BCUT2D eigenvalue weighted by molar-refractivity contribution is 5.42. The first kappa shape index (κ1) is 16.4. The second-order valence-electron chi connectivity index (χ2n) is 8.21. The molecule has 1 heterocycles. The fourth-order valence-corrected chi connectivity index (χ4v) is 3.73. The molecule has 0 saturated carbocycles. The zero-order valence-corrected chi connectivity index (χ0v) is 14.5. The number of hydrogen-bond donors (Lipinski definition) is 1. The van der Waals surface area contributed by atoms with E-state index in [2.05, 4.69) is 58.1 Å². The SMILES string of the molecule is CNC1CCCOc2ccc(C(C)(C)CC(C)(C)C)cc21. The molecule has 2 rings (SSSR count). The summed E-state index contributed by atoms with van der Waals surface area (Å²) in [5.41, 5.74) is 3.25. The maximum absolute atomic E-state index is 5.91. The van der Waals surface area contributed by atoms with Crippen molar-refractivity contribution in [2.24, 2.45) is 5.41 Å². The molecule has 2 nitrogen and oxygen atoms in total. The largest absolute Gasteiger partial charge is 0.493 e. The molecule has 0 aliphatic carbocycles. The van der Waals surface area contributed by atoms with Crippen molar-refractivity contribution in [1.29, 1.82) is 0 Å². The molecule has 0 spiro atoms. The van der Waals surface area contributed by atoms with E-state index in [0.29, 0.717) is 11.5 Å². The molecule has 0 amide bonds. The zero-order chi connectivity index (χ0) is 15.7. The number of ether oxygens (including phenoxy) is 1. The van der Waals surface area contributed by atoms with E-state index in [1.807, 2.05) is 7.05 Å². The van der Waals surface area contributed by atoms with Gasteiger partial charge in [-0.05, 0) is 54.8 Å². The maximum Gasteiger partial charge on any atom is 0.124 e. The Bertz CT molecular complexity index is 485. The number of rotatable bonds is 3. The van der Waals surface area contributed by atoms with Crippen molar-refractivity contribution in [3.63, 3.8) is 0 Å². The van der Waals surface area contributed by atoms with Gasteiger partial charge in [0.2, 0.25) is 0 Å². The second kappa shape index (κ2) is 6.00. The fraction of sp³-hybridized carbons (Fsp3) is 0.684. The van der Waals surface area contributed by atoms with Gasteiger partial charge in [0.25, 0.3) is 0 Å². The Morgan fingerprint density at radius 3 is 2.52 bits per heavy atom. The van der Waals surface area contributed by atoms with Crippen molar-refractivity contribution in [3.05, 3.63) is 29.3 Å². The molecule has 118 valence electrons. The molecular formula is C19H31NO. The average molecular weight is 289 g/mol. The third-order valence-corrected chi connectivity index (χ3v) is 4.38. The normalized spacial score (nSPS) is 19.6. The van der Waals surface area contributed by atoms with Crippen molar-refractivity contribution in [1.82, 2.24) is 5.32 Å². The summed E-state index contributed by atoms with van der Waals surface area (Å²) in [4.78, 5) is 0. The first-order valence-electron chi connectivity index (χ1n) is 8.17. The summed E-state index contributed by atoms with van der Waals surface area (Å²) in [5, 5.41) is 3.45. The van der Waals surface area contributed by atoms with Gasteiger partial charge in [0, 0.05) is 11.6 Å². The van der Waals surface area contributed by atoms with Crippen LogP contribution in [-0.4, -0.2) is 13.7 Å². The summed E-state index contributed by atoms with van der Waals surface area (Å²) >= 11 is 0. The Morgan fingerprint density at radius 1 is 1.19 bits per heavy atom. The second-order valence-corrected chi connectivity index (χ2v) is 8.21. The highest BCUT2D eigenvalue weighted by Gasteiger charge is 2.29. The van der Waals surface area contributed by atoms with Crippen LogP contribution in [0.25, 0.3) is 0 Å². The van der Waals surface area contributed by atoms with Gasteiger partial charge in [-0.25, -0.2) is 0 Å². The lowest BCUT2D eigenvalue weighted by Crippen LogP contribution is -2.25. The quantitative estimate of drug-likeness (QED) is 0.860. The van der Waals surface area contributed by atoms with Gasteiger partial charge in [-0.2, -0.15) is 0 Å². The molecule has 1 aliphatic heterocycles. The van der Waals surface area contributed by atoms with Crippen LogP contribution in [0.15, 0.2) is 18.2 Å². The van der Waals surface area contributed by atoms with Crippen LogP contribution in [0.1, 0.15) is 71.0 Å². The minimum Gasteiger partial charge on any atom is -0.493 e. The molecule has 1 aromatic rings. The van der Waals surface area contributed by atoms with Gasteiger partial charge in [0.1, 0.15) is 5.75 Å². The van der Waals surface area contributed by atoms with E-state index >= 15 is 0 Å². The molecule has 0 saturated heterocycles. The summed E-state index contributed by atoms with van der Waals surface area (Å²) < 4.78 is 5.91. The number of benzene rings is 1. The molecule has 1 aromatic carbocycles. The summed E-state index contributed by atoms with van der Waals surface area (Å²) in [6.07, 6.45) is 3.43. The van der Waals surface area contributed by atoms with Gasteiger partial charge in [0.05, 0.1) is 6.61 Å². The lowest BCUT2D eigenvalue weighted by Gasteiger charge is -2.33. The van der Waals surface area contributed by atoms with Crippen LogP contribution < -0.4 is 10.1 Å². The monoisotopic (exact) mass is 289 g/mol. The van der Waals surface area contributed by atoms with Gasteiger partial charge in [-0.3, -0.25) is 0 Å². The first-order chi connectivity index (χ1) is 9.73. The number of hydrogen-bond acceptors (Lipinski definition) is 2. The Labute approximate surface area is 130 Å². The summed E-state index contributed by atoms with van der Waals surface area (Å²) in [7, 11) is 2.05. The van der Waals surface area contributed by atoms with Gasteiger partial charge in [-0.1, -0.05) is 40.7 Å². The molecule has 21 heavy (non-hydrogen) atoms. The summed E-state index contributed by atoms with van der Waals surface area (Å²) in [6, 6.07) is 7.20.